The van der Waals surface area contributed by atoms with E-state index in [9.17, 15) is 4.79 Å². The number of aryl methyl sites for hydroxylation is 2. The fourth-order valence-corrected chi connectivity index (χ4v) is 2.02. The molecule has 1 atom stereocenters. The Bertz CT molecular complexity index is 421. The number of carboxylic acid groups (broad SMARTS) is 1. The molecule has 0 saturated carbocycles. The first-order valence-corrected chi connectivity index (χ1v) is 5.74. The average Bonchev–Trinajstić information content (AvgIpc) is 2.14. The van der Waals surface area contributed by atoms with Crippen LogP contribution in [0.1, 0.15) is 49.1 Å². The van der Waals surface area contributed by atoms with E-state index in [1.54, 1.807) is 0 Å². The third-order valence-electron chi connectivity index (χ3n) is 3.04. The second kappa shape index (κ2) is 4.49. The van der Waals surface area contributed by atoms with Crippen molar-refractivity contribution in [2.75, 3.05) is 0 Å². The molecule has 0 amide bonds. The fourth-order valence-electron chi connectivity index (χ4n) is 2.02. The summed E-state index contributed by atoms with van der Waals surface area (Å²) in [6, 6.07) is 3.13. The molecule has 94 valence electrons. The monoisotopic (exact) mass is 235 g/mol. The maximum Gasteiger partial charge on any atom is 0.325 e. The molecular formula is C14H21NO2. The van der Waals surface area contributed by atoms with Crippen molar-refractivity contribution in [1.29, 1.82) is 0 Å². The minimum absolute atomic E-state index is 0.0569. The first-order valence-electron chi connectivity index (χ1n) is 5.74. The molecule has 3 nitrogen and oxygen atoms in total. The molecule has 0 aliphatic carbocycles. The smallest absolute Gasteiger partial charge is 0.325 e. The van der Waals surface area contributed by atoms with E-state index in [4.69, 9.17) is 10.8 Å². The highest BCUT2D eigenvalue weighted by molar-refractivity contribution is 5.76. The van der Waals surface area contributed by atoms with Gasteiger partial charge >= 0.3 is 5.97 Å². The van der Waals surface area contributed by atoms with E-state index in [2.05, 4.69) is 20.8 Å². The lowest BCUT2D eigenvalue weighted by molar-refractivity contribution is -0.138. The number of hydrogen-bond acceptors (Lipinski definition) is 2. The van der Waals surface area contributed by atoms with Gasteiger partial charge in [0.2, 0.25) is 0 Å². The van der Waals surface area contributed by atoms with Gasteiger partial charge in [-0.05, 0) is 41.5 Å². The van der Waals surface area contributed by atoms with Crippen molar-refractivity contribution in [3.8, 4) is 0 Å². The van der Waals surface area contributed by atoms with Gasteiger partial charge in [-0.2, -0.15) is 0 Å². The summed E-state index contributed by atoms with van der Waals surface area (Å²) in [5.41, 5.74) is 9.58. The minimum Gasteiger partial charge on any atom is -0.480 e. The largest absolute Gasteiger partial charge is 0.480 e. The quantitative estimate of drug-likeness (QED) is 0.828. The summed E-state index contributed by atoms with van der Waals surface area (Å²) >= 11 is 0. The Kier molecular flexibility index (Phi) is 3.62. The van der Waals surface area contributed by atoms with Gasteiger partial charge in [0.25, 0.3) is 0 Å². The Labute approximate surface area is 103 Å². The standard InChI is InChI=1S/C14H21NO2/c1-8-6-10(14(3,4)5)7-9(2)11(8)12(15)13(16)17/h6-7,12H,15H2,1-5H3,(H,16,17). The Morgan fingerprint density at radius 3 is 1.94 bits per heavy atom. The van der Waals surface area contributed by atoms with E-state index in [0.717, 1.165) is 16.7 Å². The normalized spacial score (nSPS) is 13.5. The van der Waals surface area contributed by atoms with Crippen LogP contribution in [0.2, 0.25) is 0 Å². The Hall–Kier alpha value is -1.35. The predicted octanol–water partition coefficient (Wildman–Crippen LogP) is 2.69. The van der Waals surface area contributed by atoms with Crippen LogP contribution in [0.15, 0.2) is 12.1 Å². The van der Waals surface area contributed by atoms with E-state index in [1.165, 1.54) is 5.56 Å². The molecule has 0 aliphatic rings. The van der Waals surface area contributed by atoms with Crippen LogP contribution in [-0.2, 0) is 10.2 Å². The van der Waals surface area contributed by atoms with E-state index < -0.39 is 12.0 Å². The van der Waals surface area contributed by atoms with Crippen molar-refractivity contribution in [3.05, 3.63) is 34.4 Å². The number of nitrogens with two attached hydrogens (primary N) is 1. The molecule has 1 aromatic rings. The zero-order chi connectivity index (χ0) is 13.4. The molecule has 0 bridgehead atoms. The number of carboxylic acids is 1. The van der Waals surface area contributed by atoms with Crippen LogP contribution in [0.25, 0.3) is 0 Å². The number of hydrogen-bond donors (Lipinski definition) is 2. The lowest BCUT2D eigenvalue weighted by Gasteiger charge is -2.23. The number of carbonyl (C=O) groups is 1. The van der Waals surface area contributed by atoms with Gasteiger partial charge < -0.3 is 10.8 Å². The van der Waals surface area contributed by atoms with Crippen LogP contribution in [0.3, 0.4) is 0 Å². The summed E-state index contributed by atoms with van der Waals surface area (Å²) in [5, 5.41) is 8.99. The molecule has 0 radical (unpaired) electrons. The average molecular weight is 235 g/mol. The Balaban J connectivity index is 3.34. The van der Waals surface area contributed by atoms with Crippen LogP contribution >= 0.6 is 0 Å². The molecular weight excluding hydrogens is 214 g/mol. The molecule has 1 aromatic carbocycles. The van der Waals surface area contributed by atoms with Crippen molar-refractivity contribution in [2.45, 2.75) is 46.1 Å². The van der Waals surface area contributed by atoms with Crippen molar-refractivity contribution in [3.63, 3.8) is 0 Å². The van der Waals surface area contributed by atoms with E-state index in [1.807, 2.05) is 26.0 Å². The van der Waals surface area contributed by atoms with Crippen molar-refractivity contribution in [2.24, 2.45) is 5.73 Å². The second-order valence-electron chi connectivity index (χ2n) is 5.59. The summed E-state index contributed by atoms with van der Waals surface area (Å²) in [7, 11) is 0. The van der Waals surface area contributed by atoms with Crippen LogP contribution in [0.5, 0.6) is 0 Å². The van der Waals surface area contributed by atoms with Gasteiger partial charge in [0, 0.05) is 0 Å². The molecule has 0 heterocycles. The van der Waals surface area contributed by atoms with Gasteiger partial charge in [-0.3, -0.25) is 4.79 Å². The first kappa shape index (κ1) is 13.7. The van der Waals surface area contributed by atoms with Gasteiger partial charge in [-0.15, -0.1) is 0 Å². The predicted molar refractivity (Wildman–Crippen MR) is 69.2 cm³/mol. The van der Waals surface area contributed by atoms with Crippen molar-refractivity contribution < 1.29 is 9.90 Å². The Morgan fingerprint density at radius 1 is 1.24 bits per heavy atom. The highest BCUT2D eigenvalue weighted by atomic mass is 16.4. The first-order chi connectivity index (χ1) is 7.64. The van der Waals surface area contributed by atoms with Gasteiger partial charge in [0.15, 0.2) is 0 Å². The molecule has 1 unspecified atom stereocenters. The van der Waals surface area contributed by atoms with E-state index >= 15 is 0 Å². The third-order valence-corrected chi connectivity index (χ3v) is 3.04. The van der Waals surface area contributed by atoms with Gasteiger partial charge in [-0.25, -0.2) is 0 Å². The lowest BCUT2D eigenvalue weighted by atomic mass is 9.83. The maximum atomic E-state index is 11.0. The maximum absolute atomic E-state index is 11.0. The molecule has 3 heteroatoms. The molecule has 1 rings (SSSR count). The summed E-state index contributed by atoms with van der Waals surface area (Å²) in [6.07, 6.45) is 0. The molecule has 0 fully saturated rings. The minimum atomic E-state index is -0.986. The fraction of sp³-hybridized carbons (Fsp3) is 0.500. The van der Waals surface area contributed by atoms with E-state index in [-0.39, 0.29) is 5.41 Å². The van der Waals surface area contributed by atoms with Crippen LogP contribution in [-0.4, -0.2) is 11.1 Å². The lowest BCUT2D eigenvalue weighted by Crippen LogP contribution is -2.23. The highest BCUT2D eigenvalue weighted by Gasteiger charge is 2.22. The zero-order valence-corrected chi connectivity index (χ0v) is 11.2. The molecule has 17 heavy (non-hydrogen) atoms. The second-order valence-corrected chi connectivity index (χ2v) is 5.59. The van der Waals surface area contributed by atoms with Crippen LogP contribution in [0.4, 0.5) is 0 Å². The van der Waals surface area contributed by atoms with Gasteiger partial charge in [0.1, 0.15) is 6.04 Å². The highest BCUT2D eigenvalue weighted by Crippen LogP contribution is 2.29. The number of rotatable bonds is 2. The van der Waals surface area contributed by atoms with Crippen molar-refractivity contribution >= 4 is 5.97 Å². The van der Waals surface area contributed by atoms with Crippen LogP contribution in [0, 0.1) is 13.8 Å². The summed E-state index contributed by atoms with van der Waals surface area (Å²) in [5.74, 6) is -0.986. The molecule has 3 N–H and O–H groups in total. The topological polar surface area (TPSA) is 63.3 Å². The van der Waals surface area contributed by atoms with Crippen LogP contribution < -0.4 is 5.73 Å². The van der Waals surface area contributed by atoms with E-state index in [0.29, 0.717) is 0 Å². The Morgan fingerprint density at radius 2 is 1.65 bits per heavy atom. The molecule has 0 aromatic heterocycles. The molecule has 0 spiro atoms. The summed E-state index contributed by atoms with van der Waals surface area (Å²) < 4.78 is 0. The van der Waals surface area contributed by atoms with Crippen molar-refractivity contribution in [1.82, 2.24) is 0 Å². The number of benzene rings is 1. The van der Waals surface area contributed by atoms with Gasteiger partial charge in [0.05, 0.1) is 0 Å². The SMILES string of the molecule is Cc1cc(C(C)(C)C)cc(C)c1C(N)C(=O)O. The van der Waals surface area contributed by atoms with Gasteiger partial charge in [-0.1, -0.05) is 32.9 Å². The third kappa shape index (κ3) is 2.86. The summed E-state index contributed by atoms with van der Waals surface area (Å²) in [4.78, 5) is 11.0. The number of aliphatic carboxylic acids is 1. The zero-order valence-electron chi connectivity index (χ0n) is 11.2. The molecule has 0 aliphatic heterocycles. The summed E-state index contributed by atoms with van der Waals surface area (Å²) in [6.45, 7) is 10.2. The molecule has 0 saturated heterocycles.